The van der Waals surface area contributed by atoms with E-state index in [1.54, 1.807) is 7.05 Å². The van der Waals surface area contributed by atoms with Crippen LogP contribution < -0.4 is 5.32 Å². The van der Waals surface area contributed by atoms with Gasteiger partial charge < -0.3 is 10.4 Å². The predicted octanol–water partition coefficient (Wildman–Crippen LogP) is 3.41. The third kappa shape index (κ3) is 3.62. The SMILES string of the molecule is CNC1=C([N+](=O)[O-])C=C(C(=O)O)C(N2CC3CC3C2)C1(C)C1CCC(C(F)(F)F)CC1. The number of hydrogen-bond donors (Lipinski definition) is 2. The van der Waals surface area contributed by atoms with E-state index in [0.29, 0.717) is 17.5 Å². The van der Waals surface area contributed by atoms with Gasteiger partial charge in [-0.15, -0.1) is 0 Å². The third-order valence-electron chi connectivity index (χ3n) is 8.05. The molecule has 2 N–H and O–H groups in total. The van der Waals surface area contributed by atoms with E-state index in [4.69, 9.17) is 0 Å². The molecule has 0 aromatic heterocycles. The molecule has 4 aliphatic rings. The van der Waals surface area contributed by atoms with Gasteiger partial charge >= 0.3 is 12.1 Å². The number of carboxylic acid groups (broad SMARTS) is 1. The molecule has 4 unspecified atom stereocenters. The maximum absolute atomic E-state index is 13.2. The van der Waals surface area contributed by atoms with Gasteiger partial charge in [0.1, 0.15) is 0 Å². The zero-order chi connectivity index (χ0) is 22.7. The fraction of sp³-hybridized carbons (Fsp3) is 0.762. The first-order valence-electron chi connectivity index (χ1n) is 10.8. The molecular weight excluding hydrogens is 415 g/mol. The molecule has 2 saturated carbocycles. The normalized spacial score (nSPS) is 38.5. The summed E-state index contributed by atoms with van der Waals surface area (Å²) in [5, 5.41) is 24.8. The molecule has 4 atom stereocenters. The Bertz CT molecular complexity index is 837. The average Bonchev–Trinajstić information content (AvgIpc) is 3.31. The number of fused-ring (bicyclic) bond motifs is 1. The van der Waals surface area contributed by atoms with E-state index >= 15 is 0 Å². The summed E-state index contributed by atoms with van der Waals surface area (Å²) in [5.41, 5.74) is -1.01. The summed E-state index contributed by atoms with van der Waals surface area (Å²) >= 11 is 0. The highest BCUT2D eigenvalue weighted by molar-refractivity contribution is 5.89. The highest BCUT2D eigenvalue weighted by Gasteiger charge is 2.59. The molecule has 0 aromatic rings. The smallest absolute Gasteiger partial charge is 0.391 e. The number of alkyl halides is 3. The standard InChI is InChI=1S/C21H28F3N3O4/c1-20(13-3-5-14(6-4-13)21(22,23)24)17(25-2)16(27(30)31)8-15(19(28)29)18(20)26-9-11-7-12(11)10-26/h8,11-14,18,25H,3-7,9-10H2,1-2H3,(H,28,29). The van der Waals surface area contributed by atoms with E-state index in [1.165, 1.54) is 0 Å². The van der Waals surface area contributed by atoms with Crippen molar-refractivity contribution in [3.8, 4) is 0 Å². The first-order valence-corrected chi connectivity index (χ1v) is 10.8. The zero-order valence-electron chi connectivity index (χ0n) is 17.6. The number of halogens is 3. The number of nitro groups is 1. The minimum atomic E-state index is -4.26. The Morgan fingerprint density at radius 3 is 2.29 bits per heavy atom. The van der Waals surface area contributed by atoms with Gasteiger partial charge in [-0.25, -0.2) is 4.79 Å². The molecular formula is C21H28F3N3O4. The van der Waals surface area contributed by atoms with E-state index < -0.39 is 34.4 Å². The van der Waals surface area contributed by atoms with Crippen LogP contribution in [0.15, 0.2) is 23.0 Å². The number of nitrogens with zero attached hydrogens (tertiary/aromatic N) is 2. The minimum absolute atomic E-state index is 0.0348. The number of aliphatic carboxylic acids is 1. The van der Waals surface area contributed by atoms with Gasteiger partial charge in [-0.05, 0) is 49.9 Å². The Morgan fingerprint density at radius 1 is 1.26 bits per heavy atom. The summed E-state index contributed by atoms with van der Waals surface area (Å²) in [6, 6.07) is -0.614. The van der Waals surface area contributed by atoms with Gasteiger partial charge in [-0.2, -0.15) is 13.2 Å². The van der Waals surface area contributed by atoms with Crippen molar-refractivity contribution in [1.82, 2.24) is 10.2 Å². The molecule has 0 spiro atoms. The van der Waals surface area contributed by atoms with E-state index in [-0.39, 0.29) is 42.9 Å². The van der Waals surface area contributed by atoms with Gasteiger partial charge in [0.25, 0.3) is 5.70 Å². The largest absolute Gasteiger partial charge is 0.478 e. The van der Waals surface area contributed by atoms with Crippen LogP contribution in [0.25, 0.3) is 0 Å². The lowest BCUT2D eigenvalue weighted by Crippen LogP contribution is -2.57. The summed E-state index contributed by atoms with van der Waals surface area (Å²) in [6.07, 6.45) is -1.59. The fourth-order valence-corrected chi connectivity index (χ4v) is 6.42. The Hall–Kier alpha value is -2.10. The average molecular weight is 443 g/mol. The van der Waals surface area contributed by atoms with Crippen molar-refractivity contribution in [2.24, 2.45) is 29.1 Å². The number of rotatable bonds is 5. The third-order valence-corrected chi connectivity index (χ3v) is 8.05. The van der Waals surface area contributed by atoms with E-state index in [0.717, 1.165) is 25.6 Å². The number of piperidine rings is 1. The van der Waals surface area contributed by atoms with E-state index in [9.17, 15) is 33.2 Å². The van der Waals surface area contributed by atoms with Crippen molar-refractivity contribution in [3.05, 3.63) is 33.2 Å². The van der Waals surface area contributed by atoms with Gasteiger partial charge in [0.05, 0.1) is 28.2 Å². The molecule has 0 aromatic carbocycles. The van der Waals surface area contributed by atoms with Gasteiger partial charge in [-0.1, -0.05) is 6.92 Å². The van der Waals surface area contributed by atoms with Gasteiger partial charge in [0.15, 0.2) is 0 Å². The van der Waals surface area contributed by atoms with E-state index in [1.807, 2.05) is 6.92 Å². The number of carbonyl (C=O) groups is 1. The maximum Gasteiger partial charge on any atom is 0.391 e. The van der Waals surface area contributed by atoms with Crippen LogP contribution in [0, 0.1) is 39.2 Å². The monoisotopic (exact) mass is 443 g/mol. The lowest BCUT2D eigenvalue weighted by Gasteiger charge is -2.51. The van der Waals surface area contributed by atoms with Crippen molar-refractivity contribution in [1.29, 1.82) is 0 Å². The van der Waals surface area contributed by atoms with Crippen LogP contribution in [0.2, 0.25) is 0 Å². The number of nitrogens with one attached hydrogen (secondary N) is 1. The zero-order valence-corrected chi connectivity index (χ0v) is 17.6. The molecule has 10 heteroatoms. The molecule has 1 aliphatic heterocycles. The summed E-state index contributed by atoms with van der Waals surface area (Å²) < 4.78 is 39.7. The molecule has 1 saturated heterocycles. The van der Waals surface area contributed by atoms with Gasteiger partial charge in [-0.3, -0.25) is 15.0 Å². The molecule has 0 amide bonds. The minimum Gasteiger partial charge on any atom is -0.478 e. The fourth-order valence-electron chi connectivity index (χ4n) is 6.42. The Balaban J connectivity index is 1.77. The number of allylic oxidation sites excluding steroid dienone is 1. The quantitative estimate of drug-likeness (QED) is 0.499. The van der Waals surface area contributed by atoms with Crippen molar-refractivity contribution in [2.45, 2.75) is 51.2 Å². The summed E-state index contributed by atoms with van der Waals surface area (Å²) in [4.78, 5) is 25.6. The molecule has 3 aliphatic carbocycles. The van der Waals surface area contributed by atoms with Crippen LogP contribution >= 0.6 is 0 Å². The molecule has 7 nitrogen and oxygen atoms in total. The van der Waals surface area contributed by atoms with Crippen molar-refractivity contribution < 1.29 is 28.0 Å². The molecule has 0 bridgehead atoms. The highest BCUT2D eigenvalue weighted by atomic mass is 19.4. The lowest BCUT2D eigenvalue weighted by atomic mass is 9.59. The Morgan fingerprint density at radius 2 is 1.84 bits per heavy atom. The van der Waals surface area contributed by atoms with Crippen molar-refractivity contribution in [2.75, 3.05) is 20.1 Å². The van der Waals surface area contributed by atoms with Crippen LogP contribution in [-0.4, -0.2) is 53.3 Å². The first-order chi connectivity index (χ1) is 14.5. The van der Waals surface area contributed by atoms with Crippen LogP contribution in [0.5, 0.6) is 0 Å². The Kier molecular flexibility index (Phi) is 5.34. The van der Waals surface area contributed by atoms with E-state index in [2.05, 4.69) is 10.2 Å². The maximum atomic E-state index is 13.2. The predicted molar refractivity (Wildman–Crippen MR) is 105 cm³/mol. The topological polar surface area (TPSA) is 95.7 Å². The molecule has 31 heavy (non-hydrogen) atoms. The Labute approximate surface area is 178 Å². The molecule has 172 valence electrons. The summed E-state index contributed by atoms with van der Waals surface area (Å²) in [5.74, 6) is -1.86. The van der Waals surface area contributed by atoms with Crippen LogP contribution in [0.1, 0.15) is 39.0 Å². The second kappa shape index (κ2) is 7.50. The summed E-state index contributed by atoms with van der Waals surface area (Å²) in [6.45, 7) is 3.25. The molecule has 4 rings (SSSR count). The molecule has 3 fully saturated rings. The number of likely N-dealkylation sites (tertiary alicyclic amines) is 1. The highest BCUT2D eigenvalue weighted by Crippen LogP contribution is 2.56. The number of hydrogen-bond acceptors (Lipinski definition) is 5. The summed E-state index contributed by atoms with van der Waals surface area (Å²) in [7, 11) is 1.57. The molecule has 0 radical (unpaired) electrons. The van der Waals surface area contributed by atoms with Crippen molar-refractivity contribution in [3.63, 3.8) is 0 Å². The van der Waals surface area contributed by atoms with Gasteiger partial charge in [0, 0.05) is 31.6 Å². The lowest BCUT2D eigenvalue weighted by molar-refractivity contribution is -0.422. The van der Waals surface area contributed by atoms with Crippen molar-refractivity contribution >= 4 is 5.97 Å². The number of carboxylic acids is 1. The van der Waals surface area contributed by atoms with Crippen LogP contribution in [0.3, 0.4) is 0 Å². The second-order valence-corrected chi connectivity index (χ2v) is 9.66. The second-order valence-electron chi connectivity index (χ2n) is 9.66. The van der Waals surface area contributed by atoms with Gasteiger partial charge in [0.2, 0.25) is 0 Å². The molecule has 1 heterocycles. The first kappa shape index (κ1) is 22.1. The van der Waals surface area contributed by atoms with Crippen LogP contribution in [0.4, 0.5) is 13.2 Å². The van der Waals surface area contributed by atoms with Crippen LogP contribution in [-0.2, 0) is 4.79 Å².